The molecule has 0 aliphatic carbocycles. The van der Waals surface area contributed by atoms with E-state index < -0.39 is 4.92 Å². The van der Waals surface area contributed by atoms with Crippen LogP contribution in [-0.2, 0) is 5.41 Å². The molecular weight excluding hydrogens is 330 g/mol. The van der Waals surface area contributed by atoms with Crippen molar-refractivity contribution in [3.8, 4) is 0 Å². The lowest BCUT2D eigenvalue weighted by molar-refractivity contribution is -0.384. The first-order valence-electron chi connectivity index (χ1n) is 8.85. The second-order valence-corrected chi connectivity index (χ2v) is 7.30. The molecule has 1 amide bonds. The highest BCUT2D eigenvalue weighted by molar-refractivity contribution is 6.08. The average molecular weight is 351 g/mol. The topological polar surface area (TPSA) is 66.7 Å². The maximum Gasteiger partial charge on any atom is 0.270 e. The number of carbonyl (C=O) groups excluding carboxylic acids is 1. The molecule has 1 fully saturated rings. The van der Waals surface area contributed by atoms with Gasteiger partial charge in [-0.2, -0.15) is 0 Å². The number of piperidine rings is 1. The van der Waals surface area contributed by atoms with Crippen molar-refractivity contribution in [3.05, 3.63) is 69.8 Å². The van der Waals surface area contributed by atoms with Crippen LogP contribution in [0.1, 0.15) is 28.8 Å². The Morgan fingerprint density at radius 2 is 1.85 bits per heavy atom. The summed E-state index contributed by atoms with van der Waals surface area (Å²) in [6.07, 6.45) is 2.03. The number of amides is 1. The summed E-state index contributed by atoms with van der Waals surface area (Å²) in [5.74, 6) is -0.169. The smallest absolute Gasteiger partial charge is 0.270 e. The molecule has 6 nitrogen and oxygen atoms in total. The fraction of sp³-hybridized carbons (Fsp3) is 0.350. The largest absolute Gasteiger partial charge is 0.307 e. The number of nitro groups is 1. The number of para-hydroxylation sites is 1. The molecule has 2 aliphatic rings. The van der Waals surface area contributed by atoms with E-state index in [4.69, 9.17) is 0 Å². The van der Waals surface area contributed by atoms with E-state index in [0.29, 0.717) is 12.1 Å². The molecule has 134 valence electrons. The van der Waals surface area contributed by atoms with Gasteiger partial charge in [0.25, 0.3) is 11.6 Å². The molecule has 0 atom stereocenters. The fourth-order valence-corrected chi connectivity index (χ4v) is 4.19. The first-order valence-corrected chi connectivity index (χ1v) is 8.85. The fourth-order valence-electron chi connectivity index (χ4n) is 4.19. The maximum absolute atomic E-state index is 13.2. The quantitative estimate of drug-likeness (QED) is 0.615. The summed E-state index contributed by atoms with van der Waals surface area (Å²) >= 11 is 0. The van der Waals surface area contributed by atoms with Gasteiger partial charge in [-0.1, -0.05) is 24.3 Å². The zero-order valence-corrected chi connectivity index (χ0v) is 14.7. The van der Waals surface area contributed by atoms with Crippen molar-refractivity contribution >= 4 is 17.3 Å². The lowest BCUT2D eigenvalue weighted by Gasteiger charge is -2.38. The number of fused-ring (bicyclic) bond motifs is 2. The summed E-state index contributed by atoms with van der Waals surface area (Å²) in [6, 6.07) is 14.1. The Labute approximate surface area is 152 Å². The Bertz CT molecular complexity index is 872. The molecule has 1 spiro atoms. The summed E-state index contributed by atoms with van der Waals surface area (Å²) < 4.78 is 0. The van der Waals surface area contributed by atoms with Crippen LogP contribution in [0.4, 0.5) is 11.4 Å². The van der Waals surface area contributed by atoms with Crippen LogP contribution in [0.25, 0.3) is 0 Å². The van der Waals surface area contributed by atoms with Gasteiger partial charge in [0, 0.05) is 35.3 Å². The molecule has 2 aliphatic heterocycles. The Balaban J connectivity index is 1.71. The highest BCUT2D eigenvalue weighted by atomic mass is 16.6. The number of nitrogens with zero attached hydrogens (tertiary/aromatic N) is 3. The molecular formula is C20H21N3O3. The minimum absolute atomic E-state index is 0.0144. The Morgan fingerprint density at radius 1 is 1.12 bits per heavy atom. The molecule has 0 radical (unpaired) electrons. The average Bonchev–Trinajstić information content (AvgIpc) is 2.98. The minimum Gasteiger partial charge on any atom is -0.307 e. The van der Waals surface area contributed by atoms with Crippen LogP contribution in [0, 0.1) is 10.1 Å². The number of hydrogen-bond acceptors (Lipinski definition) is 4. The van der Waals surface area contributed by atoms with Gasteiger partial charge in [-0.15, -0.1) is 0 Å². The van der Waals surface area contributed by atoms with E-state index in [-0.39, 0.29) is 17.0 Å². The molecule has 6 heteroatoms. The van der Waals surface area contributed by atoms with E-state index in [1.165, 1.54) is 17.7 Å². The zero-order chi connectivity index (χ0) is 18.3. The second kappa shape index (κ2) is 6.21. The SMILES string of the molecule is CN1CCC2(CC1)CN(C(=O)c1cccc([N+](=O)[O-])c1)c1ccccc12. The van der Waals surface area contributed by atoms with Gasteiger partial charge in [-0.3, -0.25) is 14.9 Å². The highest BCUT2D eigenvalue weighted by Crippen LogP contribution is 2.47. The normalized spacial score (nSPS) is 18.7. The molecule has 0 N–H and O–H groups in total. The number of non-ortho nitro benzene ring substituents is 1. The summed E-state index contributed by atoms with van der Waals surface area (Å²) in [5, 5.41) is 11.0. The molecule has 0 aromatic heterocycles. The van der Waals surface area contributed by atoms with Crippen LogP contribution in [0.2, 0.25) is 0 Å². The lowest BCUT2D eigenvalue weighted by Crippen LogP contribution is -2.44. The summed E-state index contributed by atoms with van der Waals surface area (Å²) in [5.41, 5.74) is 2.45. The van der Waals surface area contributed by atoms with Crippen LogP contribution in [0.15, 0.2) is 48.5 Å². The van der Waals surface area contributed by atoms with Crippen molar-refractivity contribution in [2.45, 2.75) is 18.3 Å². The van der Waals surface area contributed by atoms with Crippen LogP contribution in [-0.4, -0.2) is 42.4 Å². The van der Waals surface area contributed by atoms with Crippen molar-refractivity contribution in [3.63, 3.8) is 0 Å². The molecule has 0 bridgehead atoms. The number of benzene rings is 2. The molecule has 2 heterocycles. The van der Waals surface area contributed by atoms with Crippen LogP contribution in [0.3, 0.4) is 0 Å². The van der Waals surface area contributed by atoms with E-state index in [1.54, 1.807) is 17.0 Å². The Hall–Kier alpha value is -2.73. The number of anilines is 1. The van der Waals surface area contributed by atoms with Gasteiger partial charge in [0.2, 0.25) is 0 Å². The van der Waals surface area contributed by atoms with Gasteiger partial charge in [0.05, 0.1) is 4.92 Å². The minimum atomic E-state index is -0.465. The zero-order valence-electron chi connectivity index (χ0n) is 14.7. The van der Waals surface area contributed by atoms with Gasteiger partial charge < -0.3 is 9.80 Å². The van der Waals surface area contributed by atoms with Crippen molar-refractivity contribution in [1.82, 2.24) is 4.90 Å². The third-order valence-electron chi connectivity index (χ3n) is 5.72. The van der Waals surface area contributed by atoms with Gasteiger partial charge in [0.1, 0.15) is 0 Å². The van der Waals surface area contributed by atoms with Gasteiger partial charge in [-0.25, -0.2) is 0 Å². The predicted octanol–water partition coefficient (Wildman–Crippen LogP) is 3.22. The third-order valence-corrected chi connectivity index (χ3v) is 5.72. The molecule has 2 aromatic rings. The summed E-state index contributed by atoms with van der Waals surface area (Å²) in [6.45, 7) is 2.65. The number of carbonyl (C=O) groups is 1. The Morgan fingerprint density at radius 3 is 2.58 bits per heavy atom. The number of nitro benzene ring substituents is 1. The van der Waals surface area contributed by atoms with Crippen molar-refractivity contribution in [2.24, 2.45) is 0 Å². The van der Waals surface area contributed by atoms with Crippen LogP contribution in [0.5, 0.6) is 0 Å². The summed E-state index contributed by atoms with van der Waals surface area (Å²) in [4.78, 5) is 27.9. The molecule has 0 unspecified atom stereocenters. The highest BCUT2D eigenvalue weighted by Gasteiger charge is 2.45. The van der Waals surface area contributed by atoms with E-state index in [0.717, 1.165) is 31.6 Å². The molecule has 2 aromatic carbocycles. The predicted molar refractivity (Wildman–Crippen MR) is 99.6 cm³/mol. The Kier molecular flexibility index (Phi) is 4.00. The molecule has 4 rings (SSSR count). The van der Waals surface area contributed by atoms with E-state index in [1.807, 2.05) is 18.2 Å². The van der Waals surface area contributed by atoms with E-state index in [2.05, 4.69) is 18.0 Å². The van der Waals surface area contributed by atoms with Gasteiger partial charge in [0.15, 0.2) is 0 Å². The summed E-state index contributed by atoms with van der Waals surface area (Å²) in [7, 11) is 2.12. The standard InChI is InChI=1S/C20H21N3O3/c1-21-11-9-20(10-12-21)14-22(18-8-3-2-7-17(18)20)19(24)15-5-4-6-16(13-15)23(25)26/h2-8,13H,9-12,14H2,1H3. The van der Waals surface area contributed by atoms with E-state index >= 15 is 0 Å². The number of rotatable bonds is 2. The second-order valence-electron chi connectivity index (χ2n) is 7.30. The molecule has 26 heavy (non-hydrogen) atoms. The first-order chi connectivity index (χ1) is 12.5. The van der Waals surface area contributed by atoms with Gasteiger partial charge in [-0.05, 0) is 50.7 Å². The number of likely N-dealkylation sites (tertiary alicyclic amines) is 1. The molecule has 1 saturated heterocycles. The lowest BCUT2D eigenvalue weighted by atomic mass is 9.74. The van der Waals surface area contributed by atoms with Crippen molar-refractivity contribution in [2.75, 3.05) is 31.6 Å². The first kappa shape index (κ1) is 16.7. The van der Waals surface area contributed by atoms with Crippen LogP contribution >= 0.6 is 0 Å². The van der Waals surface area contributed by atoms with Crippen molar-refractivity contribution in [1.29, 1.82) is 0 Å². The third kappa shape index (κ3) is 2.66. The van der Waals surface area contributed by atoms with Crippen LogP contribution < -0.4 is 4.90 Å². The van der Waals surface area contributed by atoms with Crippen molar-refractivity contribution < 1.29 is 9.72 Å². The monoisotopic (exact) mass is 351 g/mol. The van der Waals surface area contributed by atoms with E-state index in [9.17, 15) is 14.9 Å². The number of hydrogen-bond donors (Lipinski definition) is 0. The van der Waals surface area contributed by atoms with Gasteiger partial charge >= 0.3 is 0 Å². The maximum atomic E-state index is 13.2. The molecule has 0 saturated carbocycles.